The topological polar surface area (TPSA) is 27.7 Å². The monoisotopic (exact) mass is 596 g/mol. The molecule has 0 aromatic heterocycles. The lowest BCUT2D eigenvalue weighted by Crippen LogP contribution is -2.39. The predicted octanol–water partition coefficient (Wildman–Crippen LogP) is 8.62. The molecule has 4 rings (SSSR count). The Morgan fingerprint density at radius 1 is 0.878 bits per heavy atom. The molecule has 3 nitrogen and oxygen atoms in total. The highest BCUT2D eigenvalue weighted by molar-refractivity contribution is 5.32. The first-order valence-electron chi connectivity index (χ1n) is 13.2. The highest BCUT2D eigenvalue weighted by Gasteiger charge is 2.43. The smallest absolute Gasteiger partial charge is 0.429 e. The maximum Gasteiger partial charge on any atom is 0.432 e. The van der Waals surface area contributed by atoms with Gasteiger partial charge in [0.1, 0.15) is 29.1 Å². The molecule has 1 heterocycles. The quantitative estimate of drug-likeness (QED) is 0.156. The molecule has 1 saturated carbocycles. The average molecular weight is 597 g/mol. The van der Waals surface area contributed by atoms with Crippen molar-refractivity contribution in [3.8, 4) is 5.75 Å². The van der Waals surface area contributed by atoms with Gasteiger partial charge in [-0.15, -0.1) is 6.58 Å². The van der Waals surface area contributed by atoms with Gasteiger partial charge in [-0.05, 0) is 62.1 Å². The third-order valence-corrected chi connectivity index (χ3v) is 7.58. The fourth-order valence-electron chi connectivity index (χ4n) is 5.33. The van der Waals surface area contributed by atoms with E-state index in [9.17, 15) is 30.7 Å². The zero-order valence-corrected chi connectivity index (χ0v) is 21.8. The number of alkyl halides is 4. The molecule has 1 aliphatic heterocycles. The van der Waals surface area contributed by atoms with Crippen molar-refractivity contribution in [3.63, 3.8) is 0 Å². The van der Waals surface area contributed by atoms with Crippen LogP contribution >= 0.6 is 0 Å². The fraction of sp³-hybridized carbons (Fsp3) is 0.517. The van der Waals surface area contributed by atoms with Crippen LogP contribution in [0.25, 0.3) is 0 Å². The third-order valence-electron chi connectivity index (χ3n) is 7.58. The van der Waals surface area contributed by atoms with Crippen molar-refractivity contribution in [1.82, 2.24) is 0 Å². The molecule has 2 aliphatic rings. The van der Waals surface area contributed by atoms with Crippen LogP contribution in [0.1, 0.15) is 55.8 Å². The van der Waals surface area contributed by atoms with E-state index in [1.54, 1.807) is 0 Å². The molecule has 2 atom stereocenters. The number of benzene rings is 2. The Morgan fingerprint density at radius 3 is 1.98 bits per heavy atom. The van der Waals surface area contributed by atoms with E-state index in [0.717, 1.165) is 12.8 Å². The Bertz CT molecular complexity index is 1160. The summed E-state index contributed by atoms with van der Waals surface area (Å²) in [6.07, 6.45) is -4.92. The molecule has 0 amide bonds. The minimum atomic E-state index is -4.84. The van der Waals surface area contributed by atoms with E-state index in [-0.39, 0.29) is 48.9 Å². The molecule has 12 heteroatoms. The molecule has 0 radical (unpaired) electrons. The van der Waals surface area contributed by atoms with Crippen LogP contribution < -0.4 is 4.74 Å². The van der Waals surface area contributed by atoms with Crippen LogP contribution in [0.5, 0.6) is 5.75 Å². The first-order valence-corrected chi connectivity index (χ1v) is 13.2. The molecular formula is C29H29F9O3. The number of halogens is 9. The Labute approximate surface area is 231 Å². The van der Waals surface area contributed by atoms with Gasteiger partial charge in [-0.25, -0.2) is 30.7 Å². The maximum absolute atomic E-state index is 15.1. The van der Waals surface area contributed by atoms with Gasteiger partial charge in [-0.2, -0.15) is 8.78 Å². The van der Waals surface area contributed by atoms with Crippen molar-refractivity contribution in [1.29, 1.82) is 0 Å². The number of rotatable bonds is 10. The summed E-state index contributed by atoms with van der Waals surface area (Å²) in [5.74, 6) is -11.4. The number of allylic oxidation sites excluding steroid dienone is 1. The molecule has 2 unspecified atom stereocenters. The summed E-state index contributed by atoms with van der Waals surface area (Å²) in [4.78, 5) is 0. The Kier molecular flexibility index (Phi) is 9.94. The van der Waals surface area contributed by atoms with Crippen molar-refractivity contribution in [2.45, 2.75) is 63.3 Å². The predicted molar refractivity (Wildman–Crippen MR) is 130 cm³/mol. The van der Waals surface area contributed by atoms with Gasteiger partial charge in [0, 0.05) is 24.0 Å². The van der Waals surface area contributed by atoms with Crippen LogP contribution in [0, 0.1) is 46.8 Å². The number of hydrogen-bond donors (Lipinski definition) is 0. The second-order valence-electron chi connectivity index (χ2n) is 10.5. The largest absolute Gasteiger partial charge is 0.432 e. The van der Waals surface area contributed by atoms with Gasteiger partial charge in [0.25, 0.3) is 0 Å². The molecule has 0 N–H and O–H groups in total. The molecule has 41 heavy (non-hydrogen) atoms. The molecule has 2 fully saturated rings. The lowest BCUT2D eigenvalue weighted by atomic mass is 9.77. The summed E-state index contributed by atoms with van der Waals surface area (Å²) in [5.41, 5.74) is -2.83. The van der Waals surface area contributed by atoms with E-state index in [0.29, 0.717) is 26.1 Å². The molecule has 2 aromatic carbocycles. The van der Waals surface area contributed by atoms with Gasteiger partial charge in [0.2, 0.25) is 0 Å². The Balaban J connectivity index is 1.37. The van der Waals surface area contributed by atoms with E-state index in [2.05, 4.69) is 11.3 Å². The maximum atomic E-state index is 15.1. The van der Waals surface area contributed by atoms with Crippen LogP contribution in [0.4, 0.5) is 39.5 Å². The zero-order valence-electron chi connectivity index (χ0n) is 21.8. The number of hydrogen-bond acceptors (Lipinski definition) is 3. The van der Waals surface area contributed by atoms with Gasteiger partial charge in [-0.1, -0.05) is 6.08 Å². The lowest BCUT2D eigenvalue weighted by molar-refractivity contribution is -0.230. The van der Waals surface area contributed by atoms with E-state index in [1.165, 1.54) is 0 Å². The molecule has 2 aromatic rings. The summed E-state index contributed by atoms with van der Waals surface area (Å²) >= 11 is 0. The zero-order chi connectivity index (χ0) is 29.9. The van der Waals surface area contributed by atoms with E-state index in [1.807, 2.05) is 6.08 Å². The summed E-state index contributed by atoms with van der Waals surface area (Å²) < 4.78 is 144. The van der Waals surface area contributed by atoms with Gasteiger partial charge >= 0.3 is 6.11 Å². The lowest BCUT2D eigenvalue weighted by Gasteiger charge is -2.38. The molecule has 0 bridgehead atoms. The Morgan fingerprint density at radius 2 is 1.44 bits per heavy atom. The van der Waals surface area contributed by atoms with Crippen LogP contribution in [0.3, 0.4) is 0 Å². The third kappa shape index (κ3) is 7.20. The van der Waals surface area contributed by atoms with Crippen molar-refractivity contribution in [3.05, 3.63) is 77.1 Å². The second-order valence-corrected chi connectivity index (χ2v) is 10.5. The minimum absolute atomic E-state index is 0.0173. The SMILES string of the molecule is C=CCCC1COC(C2CCC(C(F)C(F)c3cc(F)c(C(F)(F)Oc4cc(F)c(F)c(F)c4)c(F)c3)CC2)OC1. The van der Waals surface area contributed by atoms with Crippen molar-refractivity contribution in [2.24, 2.45) is 17.8 Å². The van der Waals surface area contributed by atoms with Crippen LogP contribution in [-0.4, -0.2) is 25.7 Å². The van der Waals surface area contributed by atoms with E-state index < -0.39 is 76.6 Å². The summed E-state index contributed by atoms with van der Waals surface area (Å²) in [7, 11) is 0. The van der Waals surface area contributed by atoms with Gasteiger partial charge < -0.3 is 14.2 Å². The second kappa shape index (κ2) is 13.1. The fourth-order valence-corrected chi connectivity index (χ4v) is 5.33. The van der Waals surface area contributed by atoms with Crippen LogP contribution in [-0.2, 0) is 15.6 Å². The summed E-state index contributed by atoms with van der Waals surface area (Å²) in [5, 5.41) is 0. The van der Waals surface area contributed by atoms with Crippen molar-refractivity contribution < 1.29 is 53.7 Å². The van der Waals surface area contributed by atoms with E-state index in [4.69, 9.17) is 9.47 Å². The summed E-state index contributed by atoms with van der Waals surface area (Å²) in [6, 6.07) is 0.558. The first kappa shape index (κ1) is 31.2. The highest BCUT2D eigenvalue weighted by atomic mass is 19.3. The molecule has 0 spiro atoms. The van der Waals surface area contributed by atoms with Crippen molar-refractivity contribution in [2.75, 3.05) is 13.2 Å². The van der Waals surface area contributed by atoms with E-state index >= 15 is 8.78 Å². The van der Waals surface area contributed by atoms with Gasteiger partial charge in [0.05, 0.1) is 13.2 Å². The highest BCUT2D eigenvalue weighted by Crippen LogP contribution is 2.42. The molecule has 1 aliphatic carbocycles. The summed E-state index contributed by atoms with van der Waals surface area (Å²) in [6.45, 7) is 4.75. The number of ether oxygens (including phenoxy) is 3. The van der Waals surface area contributed by atoms with Crippen LogP contribution in [0.2, 0.25) is 0 Å². The van der Waals surface area contributed by atoms with Crippen molar-refractivity contribution >= 4 is 0 Å². The van der Waals surface area contributed by atoms with Gasteiger partial charge in [-0.3, -0.25) is 0 Å². The molecule has 1 saturated heterocycles. The Hall–Kier alpha value is -2.73. The normalized spacial score (nSPS) is 25.0. The van der Waals surface area contributed by atoms with Gasteiger partial charge in [0.15, 0.2) is 29.9 Å². The van der Waals surface area contributed by atoms with Crippen LogP contribution in [0.15, 0.2) is 36.9 Å². The standard InChI is InChI=1S/C29H29F9O3/c1-2-3-4-15-13-39-28(40-14-15)17-7-5-16(6-8-17)25(34)26(35)18-9-20(30)24(21(31)10-18)29(37,38)41-19-11-22(32)27(36)23(33)12-19/h2,9-12,15-17,25-26,28H,1,3-8,13-14H2. The molecular weight excluding hydrogens is 567 g/mol. The molecule has 226 valence electrons. The first-order chi connectivity index (χ1) is 19.4. The average Bonchev–Trinajstić information content (AvgIpc) is 2.93. The minimum Gasteiger partial charge on any atom is -0.429 e.